The van der Waals surface area contributed by atoms with Gasteiger partial charge in [0, 0.05) is 5.56 Å². The molecule has 0 amide bonds. The maximum absolute atomic E-state index is 11.4. The number of carboxylic acid groups (broad SMARTS) is 1. The first-order chi connectivity index (χ1) is 7.00. The molecule has 1 aromatic carbocycles. The zero-order chi connectivity index (χ0) is 11.4. The van der Waals surface area contributed by atoms with Gasteiger partial charge in [-0.2, -0.15) is 0 Å². The van der Waals surface area contributed by atoms with Crippen LogP contribution < -0.4 is 0 Å². The first-order valence-electron chi connectivity index (χ1n) is 4.36. The highest BCUT2D eigenvalue weighted by molar-refractivity contribution is 6.45. The van der Waals surface area contributed by atoms with E-state index in [2.05, 4.69) is 0 Å². The smallest absolute Gasteiger partial charge is 0.311 e. The Morgan fingerprint density at radius 3 is 2.13 bits per heavy atom. The number of aliphatic carboxylic acids is 1. The summed E-state index contributed by atoms with van der Waals surface area (Å²) in [7, 11) is 0. The number of carboxylic acids is 1. The van der Waals surface area contributed by atoms with Gasteiger partial charge in [0.1, 0.15) is 6.42 Å². The second kappa shape index (κ2) is 4.50. The van der Waals surface area contributed by atoms with Gasteiger partial charge in [0.15, 0.2) is 0 Å². The minimum absolute atomic E-state index is 0.229. The standard InChI is InChI=1S/C11H10O4/c1-7-2-4-8(5-3-7)11(15)9(12)6-10(13)14/h2-5H,6H2,1H3,(H,13,14). The second-order valence-corrected chi connectivity index (χ2v) is 3.19. The van der Waals surface area contributed by atoms with Crippen molar-refractivity contribution >= 4 is 17.5 Å². The van der Waals surface area contributed by atoms with Crippen molar-refractivity contribution in [2.75, 3.05) is 0 Å². The topological polar surface area (TPSA) is 71.4 Å². The third kappa shape index (κ3) is 3.02. The van der Waals surface area contributed by atoms with Gasteiger partial charge in [0.05, 0.1) is 0 Å². The number of ketones is 2. The van der Waals surface area contributed by atoms with E-state index in [4.69, 9.17) is 5.11 Å². The molecule has 0 aromatic heterocycles. The highest BCUT2D eigenvalue weighted by Gasteiger charge is 2.18. The lowest BCUT2D eigenvalue weighted by molar-refractivity contribution is -0.139. The van der Waals surface area contributed by atoms with Crippen molar-refractivity contribution in [1.29, 1.82) is 0 Å². The first kappa shape index (κ1) is 11.1. The van der Waals surface area contributed by atoms with Gasteiger partial charge in [-0.15, -0.1) is 0 Å². The molecule has 4 nitrogen and oxygen atoms in total. The lowest BCUT2D eigenvalue weighted by Gasteiger charge is -1.98. The Bertz CT molecular complexity index is 403. The second-order valence-electron chi connectivity index (χ2n) is 3.19. The number of hydrogen-bond acceptors (Lipinski definition) is 3. The van der Waals surface area contributed by atoms with Gasteiger partial charge in [-0.3, -0.25) is 14.4 Å². The number of aryl methyl sites for hydroxylation is 1. The molecule has 4 heteroatoms. The number of carbonyl (C=O) groups is 3. The molecular formula is C11H10O4. The Hall–Kier alpha value is -1.97. The van der Waals surface area contributed by atoms with Crippen molar-refractivity contribution < 1.29 is 19.5 Å². The van der Waals surface area contributed by atoms with Gasteiger partial charge >= 0.3 is 5.97 Å². The molecule has 1 rings (SSSR count). The molecule has 0 fully saturated rings. The van der Waals surface area contributed by atoms with Crippen molar-refractivity contribution in [2.24, 2.45) is 0 Å². The minimum Gasteiger partial charge on any atom is -0.481 e. The van der Waals surface area contributed by atoms with E-state index in [1.807, 2.05) is 6.92 Å². The quantitative estimate of drug-likeness (QED) is 0.456. The van der Waals surface area contributed by atoms with Crippen LogP contribution in [0.3, 0.4) is 0 Å². The van der Waals surface area contributed by atoms with Crippen LogP contribution in [-0.4, -0.2) is 22.6 Å². The highest BCUT2D eigenvalue weighted by atomic mass is 16.4. The summed E-state index contributed by atoms with van der Waals surface area (Å²) in [6, 6.07) is 6.41. The fourth-order valence-corrected chi connectivity index (χ4v) is 1.08. The zero-order valence-electron chi connectivity index (χ0n) is 8.19. The van der Waals surface area contributed by atoms with Gasteiger partial charge in [-0.1, -0.05) is 29.8 Å². The van der Waals surface area contributed by atoms with E-state index >= 15 is 0 Å². The molecule has 0 aliphatic rings. The molecule has 0 unspecified atom stereocenters. The third-order valence-electron chi connectivity index (χ3n) is 1.88. The van der Waals surface area contributed by atoms with Crippen LogP contribution in [0.4, 0.5) is 0 Å². The molecule has 0 spiro atoms. The predicted molar refractivity (Wildman–Crippen MR) is 52.8 cm³/mol. The lowest BCUT2D eigenvalue weighted by atomic mass is 10.0. The van der Waals surface area contributed by atoms with E-state index in [1.54, 1.807) is 12.1 Å². The van der Waals surface area contributed by atoms with E-state index in [0.717, 1.165) is 5.56 Å². The monoisotopic (exact) mass is 206 g/mol. The van der Waals surface area contributed by atoms with E-state index in [-0.39, 0.29) is 5.56 Å². The molecular weight excluding hydrogens is 196 g/mol. The molecule has 1 N–H and O–H groups in total. The van der Waals surface area contributed by atoms with Crippen molar-refractivity contribution in [2.45, 2.75) is 13.3 Å². The number of hydrogen-bond donors (Lipinski definition) is 1. The van der Waals surface area contributed by atoms with Crippen molar-refractivity contribution in [3.63, 3.8) is 0 Å². The minimum atomic E-state index is -1.29. The van der Waals surface area contributed by atoms with Crippen LogP contribution in [0, 0.1) is 6.92 Å². The number of rotatable bonds is 4. The largest absolute Gasteiger partial charge is 0.481 e. The van der Waals surface area contributed by atoms with Crippen LogP contribution >= 0.6 is 0 Å². The van der Waals surface area contributed by atoms with Gasteiger partial charge in [-0.25, -0.2) is 0 Å². The van der Waals surface area contributed by atoms with Crippen molar-refractivity contribution in [1.82, 2.24) is 0 Å². The summed E-state index contributed by atoms with van der Waals surface area (Å²) in [4.78, 5) is 32.7. The Morgan fingerprint density at radius 1 is 1.13 bits per heavy atom. The summed E-state index contributed by atoms with van der Waals surface area (Å²) in [6.45, 7) is 1.85. The lowest BCUT2D eigenvalue weighted by Crippen LogP contribution is -2.17. The molecule has 0 aliphatic heterocycles. The summed E-state index contributed by atoms with van der Waals surface area (Å²) in [5.74, 6) is -2.94. The normalized spacial score (nSPS) is 9.67. The first-order valence-corrected chi connectivity index (χ1v) is 4.36. The average Bonchev–Trinajstić information content (AvgIpc) is 2.17. The number of benzene rings is 1. The fourth-order valence-electron chi connectivity index (χ4n) is 1.08. The maximum Gasteiger partial charge on any atom is 0.311 e. The molecule has 0 radical (unpaired) electrons. The van der Waals surface area contributed by atoms with Crippen LogP contribution in [0.15, 0.2) is 24.3 Å². The van der Waals surface area contributed by atoms with E-state index in [9.17, 15) is 14.4 Å². The third-order valence-corrected chi connectivity index (χ3v) is 1.88. The summed E-state index contributed by atoms with van der Waals surface area (Å²) in [6.07, 6.45) is -0.757. The highest BCUT2D eigenvalue weighted by Crippen LogP contribution is 2.05. The molecule has 1 aromatic rings. The van der Waals surface area contributed by atoms with Gasteiger partial charge in [-0.05, 0) is 6.92 Å². The molecule has 0 heterocycles. The van der Waals surface area contributed by atoms with E-state index in [1.165, 1.54) is 12.1 Å². The van der Waals surface area contributed by atoms with E-state index in [0.29, 0.717) is 0 Å². The van der Waals surface area contributed by atoms with Crippen LogP contribution in [0.5, 0.6) is 0 Å². The SMILES string of the molecule is Cc1ccc(C(=O)C(=O)CC(=O)O)cc1. The Morgan fingerprint density at radius 2 is 1.67 bits per heavy atom. The molecule has 0 saturated carbocycles. The summed E-state index contributed by atoms with van der Waals surface area (Å²) in [5, 5.41) is 8.35. The Balaban J connectivity index is 2.81. The van der Waals surface area contributed by atoms with E-state index < -0.39 is 24.0 Å². The molecule has 78 valence electrons. The van der Waals surface area contributed by atoms with Crippen LogP contribution in [0.1, 0.15) is 22.3 Å². The molecule has 0 atom stereocenters. The number of Topliss-reactive ketones (excluding diaryl/α,β-unsaturated/α-hetero) is 2. The molecule has 0 bridgehead atoms. The van der Waals surface area contributed by atoms with Crippen LogP contribution in [0.2, 0.25) is 0 Å². The Kier molecular flexibility index (Phi) is 3.33. The summed E-state index contributed by atoms with van der Waals surface area (Å²) >= 11 is 0. The Labute approximate surface area is 86.5 Å². The van der Waals surface area contributed by atoms with Crippen LogP contribution in [-0.2, 0) is 9.59 Å². The fraction of sp³-hybridized carbons (Fsp3) is 0.182. The van der Waals surface area contributed by atoms with Gasteiger partial charge in [0.2, 0.25) is 11.6 Å². The molecule has 15 heavy (non-hydrogen) atoms. The number of carbonyl (C=O) groups excluding carboxylic acids is 2. The van der Waals surface area contributed by atoms with Crippen LogP contribution in [0.25, 0.3) is 0 Å². The predicted octanol–water partition coefficient (Wildman–Crippen LogP) is 1.22. The maximum atomic E-state index is 11.4. The van der Waals surface area contributed by atoms with Gasteiger partial charge < -0.3 is 5.11 Å². The molecule has 0 saturated heterocycles. The average molecular weight is 206 g/mol. The molecule has 0 aliphatic carbocycles. The van der Waals surface area contributed by atoms with Crippen molar-refractivity contribution in [3.8, 4) is 0 Å². The zero-order valence-corrected chi connectivity index (χ0v) is 8.19. The summed E-state index contributed by atoms with van der Waals surface area (Å²) in [5.41, 5.74) is 1.20. The van der Waals surface area contributed by atoms with Crippen molar-refractivity contribution in [3.05, 3.63) is 35.4 Å². The summed E-state index contributed by atoms with van der Waals surface area (Å²) < 4.78 is 0. The van der Waals surface area contributed by atoms with Gasteiger partial charge in [0.25, 0.3) is 0 Å².